The molecule has 0 atom stereocenters. The number of hydrogen-bond acceptors (Lipinski definition) is 2. The average Bonchev–Trinajstić information content (AvgIpc) is 2.08. The first-order chi connectivity index (χ1) is 6.22. The Morgan fingerprint density at radius 1 is 1.38 bits per heavy atom. The molecule has 0 N–H and O–H groups in total. The minimum Gasteiger partial charge on any atom is -0.427 e. The highest BCUT2D eigenvalue weighted by Crippen LogP contribution is 2.13. The van der Waals surface area contributed by atoms with Crippen molar-refractivity contribution in [3.05, 3.63) is 29.8 Å². The Bertz CT molecular complexity index is 279. The van der Waals surface area contributed by atoms with Gasteiger partial charge < -0.3 is 4.74 Å². The molecule has 3 heteroatoms. The quantitative estimate of drug-likeness (QED) is 0.463. The van der Waals surface area contributed by atoms with E-state index in [4.69, 9.17) is 4.74 Å². The van der Waals surface area contributed by atoms with Crippen molar-refractivity contribution in [2.45, 2.75) is 13.3 Å². The maximum Gasteiger partial charge on any atom is 0.308 e. The molecule has 0 aliphatic carbocycles. The van der Waals surface area contributed by atoms with Gasteiger partial charge in [-0.3, -0.25) is 4.79 Å². The number of benzene rings is 1. The normalized spacial score (nSPS) is 9.69. The van der Waals surface area contributed by atoms with E-state index >= 15 is 0 Å². The molecule has 0 amide bonds. The predicted octanol–water partition coefficient (Wildman–Crippen LogP) is 2.55. The molecular formula is C10H11BrO2. The molecule has 0 aromatic heterocycles. The number of esters is 1. The summed E-state index contributed by atoms with van der Waals surface area (Å²) in [5, 5.41) is 0.944. The van der Waals surface area contributed by atoms with Crippen LogP contribution >= 0.6 is 15.9 Å². The second-order valence-electron chi connectivity index (χ2n) is 2.68. The molecule has 70 valence electrons. The highest BCUT2D eigenvalue weighted by atomic mass is 79.9. The van der Waals surface area contributed by atoms with E-state index in [-0.39, 0.29) is 5.97 Å². The lowest BCUT2D eigenvalue weighted by atomic mass is 10.2. The summed E-state index contributed by atoms with van der Waals surface area (Å²) in [6.07, 6.45) is 0.986. The van der Waals surface area contributed by atoms with Crippen LogP contribution in [0.15, 0.2) is 24.3 Å². The maximum atomic E-state index is 10.6. The van der Waals surface area contributed by atoms with Crippen LogP contribution in [0.4, 0.5) is 0 Å². The molecule has 13 heavy (non-hydrogen) atoms. The molecule has 1 rings (SSSR count). The highest BCUT2D eigenvalue weighted by Gasteiger charge is 1.97. The van der Waals surface area contributed by atoms with Gasteiger partial charge in [-0.05, 0) is 24.1 Å². The van der Waals surface area contributed by atoms with Crippen LogP contribution in [0.3, 0.4) is 0 Å². The number of carbonyl (C=O) groups excluding carboxylic acids is 1. The third-order valence-corrected chi connectivity index (χ3v) is 1.96. The van der Waals surface area contributed by atoms with Crippen molar-refractivity contribution in [1.29, 1.82) is 0 Å². The molecule has 0 fully saturated rings. The Morgan fingerprint density at radius 2 is 2.00 bits per heavy atom. The minimum absolute atomic E-state index is 0.284. The van der Waals surface area contributed by atoms with Gasteiger partial charge in [-0.1, -0.05) is 28.1 Å². The molecule has 0 bridgehead atoms. The lowest BCUT2D eigenvalue weighted by Gasteiger charge is -2.01. The molecule has 0 spiro atoms. The van der Waals surface area contributed by atoms with Crippen molar-refractivity contribution in [2.75, 3.05) is 5.33 Å². The number of alkyl halides is 1. The molecule has 0 aliphatic heterocycles. The molecular weight excluding hydrogens is 232 g/mol. The molecule has 0 aliphatic rings. The lowest BCUT2D eigenvalue weighted by Crippen LogP contribution is -2.01. The van der Waals surface area contributed by atoms with E-state index in [1.807, 2.05) is 12.1 Å². The first-order valence-corrected chi connectivity index (χ1v) is 5.18. The zero-order valence-electron chi connectivity index (χ0n) is 7.42. The van der Waals surface area contributed by atoms with Crippen molar-refractivity contribution >= 4 is 21.9 Å². The number of hydrogen-bond donors (Lipinski definition) is 0. The van der Waals surface area contributed by atoms with E-state index in [1.165, 1.54) is 12.5 Å². The fraction of sp³-hybridized carbons (Fsp3) is 0.300. The Kier molecular flexibility index (Phi) is 3.96. The van der Waals surface area contributed by atoms with Crippen LogP contribution < -0.4 is 4.74 Å². The van der Waals surface area contributed by atoms with Gasteiger partial charge >= 0.3 is 5.97 Å². The summed E-state index contributed by atoms with van der Waals surface area (Å²) in [5.41, 5.74) is 1.23. The number of carbonyl (C=O) groups is 1. The number of ether oxygens (including phenoxy) is 1. The average molecular weight is 243 g/mol. The van der Waals surface area contributed by atoms with Gasteiger partial charge in [0.1, 0.15) is 5.75 Å². The van der Waals surface area contributed by atoms with Crippen molar-refractivity contribution in [2.24, 2.45) is 0 Å². The first kappa shape index (κ1) is 10.3. The molecule has 0 radical (unpaired) electrons. The van der Waals surface area contributed by atoms with Crippen molar-refractivity contribution in [3.63, 3.8) is 0 Å². The number of halogens is 1. The topological polar surface area (TPSA) is 26.3 Å². The van der Waals surface area contributed by atoms with Crippen LogP contribution in [0.5, 0.6) is 5.75 Å². The van der Waals surface area contributed by atoms with E-state index in [2.05, 4.69) is 15.9 Å². The third-order valence-electron chi connectivity index (χ3n) is 1.57. The Labute approximate surface area is 86.0 Å². The minimum atomic E-state index is -0.284. The smallest absolute Gasteiger partial charge is 0.308 e. The van der Waals surface area contributed by atoms with E-state index in [0.29, 0.717) is 5.75 Å². The zero-order valence-corrected chi connectivity index (χ0v) is 9.00. The van der Waals surface area contributed by atoms with Gasteiger partial charge in [0.15, 0.2) is 0 Å². The van der Waals surface area contributed by atoms with Gasteiger partial charge in [-0.2, -0.15) is 0 Å². The third kappa shape index (κ3) is 3.59. The Morgan fingerprint density at radius 3 is 2.46 bits per heavy atom. The second kappa shape index (κ2) is 5.02. The van der Waals surface area contributed by atoms with Crippen molar-refractivity contribution < 1.29 is 9.53 Å². The van der Waals surface area contributed by atoms with Crippen LogP contribution in [0.1, 0.15) is 12.5 Å². The summed E-state index contributed by atoms with van der Waals surface area (Å²) in [7, 11) is 0. The maximum absolute atomic E-state index is 10.6. The monoisotopic (exact) mass is 242 g/mol. The van der Waals surface area contributed by atoms with Crippen molar-refractivity contribution in [1.82, 2.24) is 0 Å². The second-order valence-corrected chi connectivity index (χ2v) is 3.47. The van der Waals surface area contributed by atoms with Gasteiger partial charge in [0.05, 0.1) is 0 Å². The van der Waals surface area contributed by atoms with Crippen LogP contribution in [0.2, 0.25) is 0 Å². The fourth-order valence-corrected chi connectivity index (χ4v) is 1.46. The Hall–Kier alpha value is -0.830. The fourth-order valence-electron chi connectivity index (χ4n) is 0.999. The largest absolute Gasteiger partial charge is 0.427 e. The molecule has 0 saturated carbocycles. The van der Waals surface area contributed by atoms with Gasteiger partial charge in [0.25, 0.3) is 0 Å². The molecule has 0 unspecified atom stereocenters. The van der Waals surface area contributed by atoms with E-state index < -0.39 is 0 Å². The van der Waals surface area contributed by atoms with Crippen LogP contribution in [0, 0.1) is 0 Å². The van der Waals surface area contributed by atoms with Crippen LogP contribution in [-0.4, -0.2) is 11.3 Å². The molecule has 0 saturated heterocycles. The summed E-state index contributed by atoms with van der Waals surface area (Å²) in [6, 6.07) is 7.53. The summed E-state index contributed by atoms with van der Waals surface area (Å²) < 4.78 is 4.90. The van der Waals surface area contributed by atoms with Gasteiger partial charge in [-0.25, -0.2) is 0 Å². The van der Waals surface area contributed by atoms with Gasteiger partial charge in [0, 0.05) is 12.3 Å². The SMILES string of the molecule is CC(=O)Oc1ccc(CCBr)cc1. The zero-order chi connectivity index (χ0) is 9.68. The van der Waals surface area contributed by atoms with Gasteiger partial charge in [-0.15, -0.1) is 0 Å². The molecule has 1 aromatic rings. The van der Waals surface area contributed by atoms with E-state index in [9.17, 15) is 4.79 Å². The first-order valence-electron chi connectivity index (χ1n) is 4.05. The van der Waals surface area contributed by atoms with Crippen molar-refractivity contribution in [3.8, 4) is 5.75 Å². The lowest BCUT2D eigenvalue weighted by molar-refractivity contribution is -0.131. The standard InChI is InChI=1S/C10H11BrO2/c1-8(12)13-10-4-2-9(3-5-10)6-7-11/h2-5H,6-7H2,1H3. The number of rotatable bonds is 3. The summed E-state index contributed by atoms with van der Waals surface area (Å²) in [4.78, 5) is 10.6. The summed E-state index contributed by atoms with van der Waals surface area (Å²) >= 11 is 3.36. The van der Waals surface area contributed by atoms with Crippen LogP contribution in [0.25, 0.3) is 0 Å². The van der Waals surface area contributed by atoms with E-state index in [1.54, 1.807) is 12.1 Å². The number of aryl methyl sites for hydroxylation is 1. The molecule has 2 nitrogen and oxygen atoms in total. The summed E-state index contributed by atoms with van der Waals surface area (Å²) in [5.74, 6) is 0.319. The molecule has 0 heterocycles. The molecule has 1 aromatic carbocycles. The predicted molar refractivity (Wildman–Crippen MR) is 55.2 cm³/mol. The Balaban J connectivity index is 2.64. The van der Waals surface area contributed by atoms with Crippen LogP contribution in [-0.2, 0) is 11.2 Å². The van der Waals surface area contributed by atoms with E-state index in [0.717, 1.165) is 11.8 Å². The highest BCUT2D eigenvalue weighted by molar-refractivity contribution is 9.09. The van der Waals surface area contributed by atoms with Gasteiger partial charge in [0.2, 0.25) is 0 Å². The summed E-state index contributed by atoms with van der Waals surface area (Å²) in [6.45, 7) is 1.40.